The van der Waals surface area contributed by atoms with Gasteiger partial charge in [-0.05, 0) is 164 Å². The van der Waals surface area contributed by atoms with Crippen molar-refractivity contribution < 1.29 is 73.9 Å². The Hall–Kier alpha value is -1.78. The third kappa shape index (κ3) is 33.9. The Balaban J connectivity index is 1.61. The zero-order valence-electron chi connectivity index (χ0n) is 52.7. The molecule has 2 aliphatic rings. The van der Waals surface area contributed by atoms with Gasteiger partial charge >= 0.3 is 35.4 Å². The first-order chi connectivity index (χ1) is 36.2. The maximum absolute atomic E-state index is 12.9. The van der Waals surface area contributed by atoms with Crippen LogP contribution in [0.1, 0.15) is 99.8 Å². The standard InChI is InChI=1S/C53H112N4O16Si6/c1-44(59)56-45-34-50(2,3)38-52(6,36-45)40-54-47(60)67-29-26-63-23-20-32-74(8,9)70-78(16,17)71-75(10,11)33-21-24-64-27-30-69-49(62)57-46-35-51(4,5)39-53(7,37-46)41-55-48(61)68-31-28-66-43-77(14,15)73-79(18,19)72-76(12,13)42-65-25-22-58/h45-46,58H,20-43H2,1-19H3,(H,54,60)(H,55,61)(H,56,59)(H,57,62). The summed E-state index contributed by atoms with van der Waals surface area (Å²) in [5.41, 5.74) is -0.437. The quantitative estimate of drug-likeness (QED) is 0.0221. The summed E-state index contributed by atoms with van der Waals surface area (Å²) >= 11 is 0. The number of hydrogen-bond donors (Lipinski definition) is 5. The lowest BCUT2D eigenvalue weighted by molar-refractivity contribution is -0.120. The van der Waals surface area contributed by atoms with E-state index in [0.29, 0.717) is 65.0 Å². The summed E-state index contributed by atoms with van der Waals surface area (Å²) < 4.78 is 66.2. The highest BCUT2D eigenvalue weighted by Gasteiger charge is 2.45. The van der Waals surface area contributed by atoms with E-state index in [9.17, 15) is 19.2 Å². The van der Waals surface area contributed by atoms with Gasteiger partial charge in [0.1, 0.15) is 19.8 Å². The van der Waals surface area contributed by atoms with Gasteiger partial charge in [0, 0.05) is 45.3 Å². The zero-order valence-corrected chi connectivity index (χ0v) is 58.7. The monoisotopic (exact) mass is 1230 g/mol. The van der Waals surface area contributed by atoms with Gasteiger partial charge in [0.2, 0.25) is 22.5 Å². The average Bonchev–Trinajstić information content (AvgIpc) is 3.23. The Morgan fingerprint density at radius 3 is 1.20 bits per heavy atom. The van der Waals surface area contributed by atoms with Crippen LogP contribution >= 0.6 is 0 Å². The maximum Gasteiger partial charge on any atom is 0.407 e. The minimum absolute atomic E-state index is 0.0170. The Kier molecular flexibility index (Phi) is 30.2. The van der Waals surface area contributed by atoms with Gasteiger partial charge in [-0.1, -0.05) is 41.5 Å². The van der Waals surface area contributed by atoms with Gasteiger partial charge in [0.15, 0.2) is 16.6 Å². The lowest BCUT2D eigenvalue weighted by Crippen LogP contribution is -2.55. The summed E-state index contributed by atoms with van der Waals surface area (Å²) in [7, 11) is -13.4. The highest BCUT2D eigenvalue weighted by Crippen LogP contribution is 2.47. The molecular formula is C53H112N4O16Si6. The molecule has 0 bridgehead atoms. The summed E-state index contributed by atoms with van der Waals surface area (Å²) in [5, 5.41) is 21.1. The Morgan fingerprint density at radius 2 is 0.810 bits per heavy atom. The first-order valence-electron chi connectivity index (χ1n) is 28.9. The normalized spacial score (nSPS) is 21.9. The van der Waals surface area contributed by atoms with Crippen molar-refractivity contribution in [1.29, 1.82) is 0 Å². The number of amides is 4. The summed E-state index contributed by atoms with van der Waals surface area (Å²) in [6, 6.07) is 1.80. The van der Waals surface area contributed by atoms with Crippen LogP contribution < -0.4 is 21.3 Å². The molecule has 79 heavy (non-hydrogen) atoms. The molecule has 0 heterocycles. The average molecular weight is 1230 g/mol. The fraction of sp³-hybridized carbons (Fsp3) is 0.925. The Bertz CT molecular complexity index is 1870. The van der Waals surface area contributed by atoms with Crippen LogP contribution in [0.5, 0.6) is 0 Å². The van der Waals surface area contributed by atoms with E-state index in [1.807, 2.05) is 13.1 Å². The van der Waals surface area contributed by atoms with Crippen molar-refractivity contribution in [2.75, 3.05) is 91.6 Å². The topological polar surface area (TPSA) is 238 Å². The molecular weight excluding hydrogens is 1120 g/mol. The second-order valence-corrected chi connectivity index (χ2v) is 52.5. The molecule has 0 aliphatic heterocycles. The van der Waals surface area contributed by atoms with Gasteiger partial charge in [0.05, 0.1) is 45.5 Å². The van der Waals surface area contributed by atoms with Gasteiger partial charge in [0.25, 0.3) is 0 Å². The third-order valence-electron chi connectivity index (χ3n) is 13.7. The minimum atomic E-state index is -2.47. The van der Waals surface area contributed by atoms with Crippen molar-refractivity contribution >= 4 is 74.6 Å². The number of alkyl carbamates (subject to hydrolysis) is 3. The van der Waals surface area contributed by atoms with E-state index in [1.54, 1.807) is 6.92 Å². The van der Waals surface area contributed by atoms with Crippen molar-refractivity contribution in [3.63, 3.8) is 0 Å². The highest BCUT2D eigenvalue weighted by molar-refractivity contribution is 6.88. The molecule has 0 aromatic rings. The van der Waals surface area contributed by atoms with Crippen molar-refractivity contribution in [3.05, 3.63) is 0 Å². The molecule has 2 saturated carbocycles. The molecule has 0 saturated heterocycles. The molecule has 5 N–H and O–H groups in total. The molecule has 4 atom stereocenters. The summed E-state index contributed by atoms with van der Waals surface area (Å²) in [6.07, 6.45) is 6.16. The number of hydrogen-bond acceptors (Lipinski definition) is 16. The summed E-state index contributed by atoms with van der Waals surface area (Å²) in [5.74, 6) is -0.0276. The number of aliphatic hydroxyl groups is 1. The van der Waals surface area contributed by atoms with Crippen LogP contribution in [-0.4, -0.2) is 183 Å². The van der Waals surface area contributed by atoms with E-state index in [-0.39, 0.29) is 72.7 Å². The molecule has 2 fully saturated rings. The first kappa shape index (κ1) is 73.3. The van der Waals surface area contributed by atoms with Crippen LogP contribution in [0.2, 0.25) is 90.7 Å². The number of carbonyl (C=O) groups excluding carboxylic acids is 4. The molecule has 2 aliphatic carbocycles. The predicted molar refractivity (Wildman–Crippen MR) is 324 cm³/mol. The summed E-state index contributed by atoms with van der Waals surface area (Å²) in [6.45, 7) is 43.8. The summed E-state index contributed by atoms with van der Waals surface area (Å²) in [4.78, 5) is 49.9. The van der Waals surface area contributed by atoms with Crippen molar-refractivity contribution in [3.8, 4) is 0 Å². The van der Waals surface area contributed by atoms with E-state index in [2.05, 4.69) is 128 Å². The second-order valence-electron chi connectivity index (χ2n) is 28.0. The van der Waals surface area contributed by atoms with Crippen molar-refractivity contribution in [1.82, 2.24) is 21.3 Å². The van der Waals surface area contributed by atoms with Crippen LogP contribution in [0.25, 0.3) is 0 Å². The maximum atomic E-state index is 12.9. The molecule has 26 heteroatoms. The lowest BCUT2D eigenvalue weighted by atomic mass is 9.62. The van der Waals surface area contributed by atoms with Crippen LogP contribution in [0.3, 0.4) is 0 Å². The van der Waals surface area contributed by atoms with Gasteiger partial charge in [-0.15, -0.1) is 0 Å². The van der Waals surface area contributed by atoms with E-state index in [4.69, 9.17) is 54.7 Å². The largest absolute Gasteiger partial charge is 0.447 e. The van der Waals surface area contributed by atoms with Gasteiger partial charge < -0.3 is 76.0 Å². The number of rotatable bonds is 37. The molecule has 0 radical (unpaired) electrons. The van der Waals surface area contributed by atoms with Gasteiger partial charge in [-0.3, -0.25) is 4.79 Å². The number of aliphatic hydroxyl groups excluding tert-OH is 1. The molecule has 4 unspecified atom stereocenters. The smallest absolute Gasteiger partial charge is 0.407 e. The van der Waals surface area contributed by atoms with Crippen LogP contribution in [0.4, 0.5) is 14.4 Å². The second kappa shape index (κ2) is 32.5. The third-order valence-corrected chi connectivity index (χ3v) is 35.3. The molecule has 20 nitrogen and oxygen atoms in total. The van der Waals surface area contributed by atoms with E-state index in [1.165, 1.54) is 0 Å². The van der Waals surface area contributed by atoms with Crippen LogP contribution in [-0.2, 0) is 54.4 Å². The van der Waals surface area contributed by atoms with E-state index in [0.717, 1.165) is 57.0 Å². The van der Waals surface area contributed by atoms with Crippen LogP contribution in [0, 0.1) is 21.7 Å². The molecule has 0 aromatic carbocycles. The molecule has 2 rings (SSSR count). The Morgan fingerprint density at radius 1 is 0.456 bits per heavy atom. The van der Waals surface area contributed by atoms with E-state index >= 15 is 0 Å². The van der Waals surface area contributed by atoms with Gasteiger partial charge in [-0.25, -0.2) is 14.4 Å². The Labute approximate surface area is 483 Å². The number of ether oxygens (including phenoxy) is 7. The lowest BCUT2D eigenvalue weighted by Gasteiger charge is -2.46. The first-order valence-corrected chi connectivity index (χ1v) is 47.0. The molecule has 4 amide bonds. The molecule has 464 valence electrons. The zero-order chi connectivity index (χ0) is 60.0. The fourth-order valence-electron chi connectivity index (χ4n) is 12.5. The molecule has 0 spiro atoms. The number of carbonyl (C=O) groups is 4. The fourth-order valence-corrected chi connectivity index (χ4v) is 39.4. The molecule has 0 aromatic heterocycles. The number of nitrogens with one attached hydrogen (secondary N) is 4. The highest BCUT2D eigenvalue weighted by atomic mass is 28.5. The predicted octanol–water partition coefficient (Wildman–Crippen LogP) is 9.68. The van der Waals surface area contributed by atoms with E-state index < -0.39 is 68.7 Å². The minimum Gasteiger partial charge on any atom is -0.447 e. The SMILES string of the molecule is CC(=O)NC1CC(C)(C)CC(C)(CNC(=O)OCCOCCC[Si](C)(C)O[Si](C)(C)O[Si](C)(C)CCCOCCOC(=O)NC2CC(C)(C)CC(C)(CNC(=O)OCCOC[Si](C)(C)O[Si](C)(C)O[Si](C)(C)COCCO)C2)C1. The van der Waals surface area contributed by atoms with Crippen LogP contribution in [0.15, 0.2) is 0 Å². The van der Waals surface area contributed by atoms with Gasteiger partial charge in [-0.2, -0.15) is 0 Å². The van der Waals surface area contributed by atoms with Crippen molar-refractivity contribution in [2.24, 2.45) is 21.7 Å². The van der Waals surface area contributed by atoms with Crippen molar-refractivity contribution in [2.45, 2.75) is 203 Å².